The molecule has 0 unspecified atom stereocenters. The van der Waals surface area contributed by atoms with Gasteiger partial charge in [0.1, 0.15) is 5.82 Å². The summed E-state index contributed by atoms with van der Waals surface area (Å²) in [5, 5.41) is 10.0. The smallest absolute Gasteiger partial charge is 0.258 e. The first-order valence-electron chi connectivity index (χ1n) is 11.0. The van der Waals surface area contributed by atoms with Crippen LogP contribution in [0.25, 0.3) is 11.3 Å². The van der Waals surface area contributed by atoms with Crippen molar-refractivity contribution in [3.63, 3.8) is 0 Å². The number of aryl methyl sites for hydroxylation is 1. The van der Waals surface area contributed by atoms with Crippen molar-refractivity contribution >= 4 is 23.2 Å². The summed E-state index contributed by atoms with van der Waals surface area (Å²) in [6.07, 6.45) is 2.50. The third-order valence-electron chi connectivity index (χ3n) is 6.26. The lowest BCUT2D eigenvalue weighted by Crippen LogP contribution is -2.33. The zero-order chi connectivity index (χ0) is 23.8. The SMILES string of the molecule is Cc1cc(NC(=O)c2cccc(F)c2C)ccc1C(=O)N1CCc2cn[nH]c2-c2ccccc21. The maximum Gasteiger partial charge on any atom is 0.258 e. The van der Waals surface area contributed by atoms with Crippen LogP contribution in [0.5, 0.6) is 0 Å². The molecule has 4 aromatic rings. The van der Waals surface area contributed by atoms with Crippen molar-refractivity contribution < 1.29 is 14.0 Å². The number of anilines is 2. The highest BCUT2D eigenvalue weighted by atomic mass is 19.1. The quantitative estimate of drug-likeness (QED) is 0.442. The molecule has 1 aliphatic heterocycles. The number of rotatable bonds is 3. The van der Waals surface area contributed by atoms with Gasteiger partial charge in [-0.3, -0.25) is 14.7 Å². The molecule has 5 rings (SSSR count). The lowest BCUT2D eigenvalue weighted by atomic mass is 10.0. The van der Waals surface area contributed by atoms with Crippen LogP contribution in [0.3, 0.4) is 0 Å². The van der Waals surface area contributed by atoms with Crippen molar-refractivity contribution in [2.24, 2.45) is 0 Å². The second kappa shape index (κ2) is 8.59. The molecule has 0 radical (unpaired) electrons. The fourth-order valence-corrected chi connectivity index (χ4v) is 4.40. The highest BCUT2D eigenvalue weighted by Gasteiger charge is 2.26. The minimum atomic E-state index is -0.426. The van der Waals surface area contributed by atoms with Crippen LogP contribution >= 0.6 is 0 Å². The van der Waals surface area contributed by atoms with Gasteiger partial charge in [-0.15, -0.1) is 0 Å². The van der Waals surface area contributed by atoms with Gasteiger partial charge in [0, 0.05) is 28.9 Å². The summed E-state index contributed by atoms with van der Waals surface area (Å²) in [6, 6.07) is 17.4. The maximum atomic E-state index is 13.8. The summed E-state index contributed by atoms with van der Waals surface area (Å²) < 4.78 is 13.8. The maximum absolute atomic E-state index is 13.8. The first kappa shape index (κ1) is 21.6. The fourth-order valence-electron chi connectivity index (χ4n) is 4.40. The van der Waals surface area contributed by atoms with Crippen molar-refractivity contribution in [3.05, 3.63) is 100 Å². The Morgan fingerprint density at radius 1 is 1.03 bits per heavy atom. The zero-order valence-electron chi connectivity index (χ0n) is 18.9. The van der Waals surface area contributed by atoms with E-state index in [0.29, 0.717) is 29.8 Å². The summed E-state index contributed by atoms with van der Waals surface area (Å²) in [4.78, 5) is 28.1. The number of carbonyl (C=O) groups excluding carboxylic acids is 2. The summed E-state index contributed by atoms with van der Waals surface area (Å²) in [5.41, 5.74) is 6.18. The molecular weight excluding hydrogens is 431 g/mol. The Morgan fingerprint density at radius 3 is 2.68 bits per heavy atom. The van der Waals surface area contributed by atoms with Gasteiger partial charge in [0.2, 0.25) is 0 Å². The lowest BCUT2D eigenvalue weighted by molar-refractivity contribution is 0.0985. The molecule has 6 nitrogen and oxygen atoms in total. The molecule has 34 heavy (non-hydrogen) atoms. The number of aromatic nitrogens is 2. The Morgan fingerprint density at radius 2 is 1.85 bits per heavy atom. The minimum absolute atomic E-state index is 0.109. The molecule has 0 bridgehead atoms. The Labute approximate surface area is 196 Å². The lowest BCUT2D eigenvalue weighted by Gasteiger charge is -2.24. The zero-order valence-corrected chi connectivity index (χ0v) is 18.9. The van der Waals surface area contributed by atoms with Gasteiger partial charge in [0.05, 0.1) is 17.6 Å². The van der Waals surface area contributed by atoms with Crippen molar-refractivity contribution in [1.82, 2.24) is 10.2 Å². The van der Waals surface area contributed by atoms with Gasteiger partial charge in [-0.05, 0) is 73.4 Å². The highest BCUT2D eigenvalue weighted by molar-refractivity contribution is 6.10. The van der Waals surface area contributed by atoms with E-state index < -0.39 is 11.7 Å². The Balaban J connectivity index is 1.42. The van der Waals surface area contributed by atoms with Gasteiger partial charge in [-0.25, -0.2) is 4.39 Å². The van der Waals surface area contributed by atoms with Crippen LogP contribution in [-0.2, 0) is 6.42 Å². The number of fused-ring (bicyclic) bond motifs is 3. The van der Waals surface area contributed by atoms with Crippen molar-refractivity contribution in [3.8, 4) is 11.3 Å². The van der Waals surface area contributed by atoms with E-state index in [9.17, 15) is 14.0 Å². The first-order valence-corrected chi connectivity index (χ1v) is 11.0. The molecule has 0 spiro atoms. The monoisotopic (exact) mass is 454 g/mol. The summed E-state index contributed by atoms with van der Waals surface area (Å²) in [7, 11) is 0. The van der Waals surface area contributed by atoms with Crippen LogP contribution in [0.1, 0.15) is 37.4 Å². The van der Waals surface area contributed by atoms with E-state index in [1.165, 1.54) is 12.1 Å². The molecule has 2 heterocycles. The Bertz CT molecular complexity index is 1430. The van der Waals surface area contributed by atoms with Crippen LogP contribution < -0.4 is 10.2 Å². The van der Waals surface area contributed by atoms with E-state index in [4.69, 9.17) is 0 Å². The topological polar surface area (TPSA) is 78.1 Å². The number of amides is 2. The molecule has 7 heteroatoms. The van der Waals surface area contributed by atoms with Crippen molar-refractivity contribution in [2.75, 3.05) is 16.8 Å². The number of hydrogen-bond acceptors (Lipinski definition) is 3. The van der Waals surface area contributed by atoms with Gasteiger partial charge in [-0.1, -0.05) is 24.3 Å². The molecule has 1 aliphatic rings. The first-order chi connectivity index (χ1) is 16.4. The van der Waals surface area contributed by atoms with Gasteiger partial charge in [-0.2, -0.15) is 5.10 Å². The average Bonchev–Trinajstić information content (AvgIpc) is 3.23. The molecular formula is C27H23FN4O2. The molecule has 0 fully saturated rings. The molecule has 0 saturated carbocycles. The van der Waals surface area contributed by atoms with E-state index in [0.717, 1.165) is 28.1 Å². The van der Waals surface area contributed by atoms with Crippen LogP contribution in [0.15, 0.2) is 66.9 Å². The van der Waals surface area contributed by atoms with Crippen LogP contribution in [0, 0.1) is 19.7 Å². The summed E-state index contributed by atoms with van der Waals surface area (Å²) in [6.45, 7) is 3.94. The van der Waals surface area contributed by atoms with Crippen molar-refractivity contribution in [1.29, 1.82) is 0 Å². The van der Waals surface area contributed by atoms with Gasteiger partial charge in [0.25, 0.3) is 11.8 Å². The van der Waals surface area contributed by atoms with Gasteiger partial charge >= 0.3 is 0 Å². The number of nitrogens with one attached hydrogen (secondary N) is 2. The standard InChI is InChI=1S/C27H23FN4O2/c1-16-14-19(30-26(33)21-7-5-8-23(28)17(21)2)10-11-20(16)27(34)32-13-12-18-15-29-31-25(18)22-6-3-4-9-24(22)32/h3-11,14-15H,12-13H2,1-2H3,(H,29,31)(H,30,33). The molecule has 1 aromatic heterocycles. The number of nitrogens with zero attached hydrogens (tertiary/aromatic N) is 2. The number of carbonyl (C=O) groups is 2. The van der Waals surface area contributed by atoms with E-state index in [-0.39, 0.29) is 11.5 Å². The second-order valence-electron chi connectivity index (χ2n) is 8.39. The van der Waals surface area contributed by atoms with E-state index >= 15 is 0 Å². The third-order valence-corrected chi connectivity index (χ3v) is 6.26. The van der Waals surface area contributed by atoms with Gasteiger partial charge in [0.15, 0.2) is 0 Å². The van der Waals surface area contributed by atoms with Crippen molar-refractivity contribution in [2.45, 2.75) is 20.3 Å². The predicted octanol–water partition coefficient (Wildman–Crippen LogP) is 5.29. The third kappa shape index (κ3) is 3.75. The Hall–Kier alpha value is -4.26. The molecule has 3 aromatic carbocycles. The molecule has 0 saturated heterocycles. The largest absolute Gasteiger partial charge is 0.322 e. The molecule has 0 atom stereocenters. The number of aromatic amines is 1. The predicted molar refractivity (Wildman–Crippen MR) is 130 cm³/mol. The average molecular weight is 455 g/mol. The number of H-pyrrole nitrogens is 1. The molecule has 170 valence electrons. The Kier molecular flexibility index (Phi) is 5.45. The second-order valence-corrected chi connectivity index (χ2v) is 8.39. The normalized spacial score (nSPS) is 12.5. The highest BCUT2D eigenvalue weighted by Crippen LogP contribution is 2.36. The fraction of sp³-hybridized carbons (Fsp3) is 0.148. The van der Waals surface area contributed by atoms with E-state index in [1.807, 2.05) is 37.4 Å². The van der Waals surface area contributed by atoms with Crippen LogP contribution in [0.2, 0.25) is 0 Å². The number of halogens is 1. The molecule has 2 N–H and O–H groups in total. The number of benzene rings is 3. The van der Waals surface area contributed by atoms with Gasteiger partial charge < -0.3 is 10.2 Å². The summed E-state index contributed by atoms with van der Waals surface area (Å²) in [5.74, 6) is -0.932. The number of para-hydroxylation sites is 1. The van der Waals surface area contributed by atoms with Crippen LogP contribution in [-0.4, -0.2) is 28.6 Å². The van der Waals surface area contributed by atoms with E-state index in [1.54, 1.807) is 36.1 Å². The van der Waals surface area contributed by atoms with E-state index in [2.05, 4.69) is 15.5 Å². The molecule has 2 amide bonds. The molecule has 0 aliphatic carbocycles. The number of hydrogen-bond donors (Lipinski definition) is 2. The minimum Gasteiger partial charge on any atom is -0.322 e. The van der Waals surface area contributed by atoms with Crippen LogP contribution in [0.4, 0.5) is 15.8 Å². The summed E-state index contributed by atoms with van der Waals surface area (Å²) >= 11 is 0.